The molecule has 10 heteroatoms. The van der Waals surface area contributed by atoms with Crippen molar-refractivity contribution in [2.45, 2.75) is 12.6 Å². The van der Waals surface area contributed by atoms with Crippen molar-refractivity contribution in [3.63, 3.8) is 0 Å². The van der Waals surface area contributed by atoms with Gasteiger partial charge >= 0.3 is 6.18 Å². The van der Waals surface area contributed by atoms with Crippen LogP contribution in [0.4, 0.5) is 24.5 Å². The highest BCUT2D eigenvalue weighted by Crippen LogP contribution is 2.30. The van der Waals surface area contributed by atoms with Crippen LogP contribution < -0.4 is 20.3 Å². The maximum atomic E-state index is 12.5. The van der Waals surface area contributed by atoms with Crippen molar-refractivity contribution in [2.24, 2.45) is 0 Å². The molecule has 30 heavy (non-hydrogen) atoms. The molecule has 0 atom stereocenters. The van der Waals surface area contributed by atoms with E-state index in [1.165, 1.54) is 29.2 Å². The molecule has 3 amide bonds. The van der Waals surface area contributed by atoms with Crippen LogP contribution in [0, 0.1) is 0 Å². The molecule has 0 bridgehead atoms. The number of halogens is 3. The van der Waals surface area contributed by atoms with Gasteiger partial charge < -0.3 is 15.4 Å². The van der Waals surface area contributed by atoms with Crippen molar-refractivity contribution in [1.82, 2.24) is 5.32 Å². The SMILES string of the molecule is O=C(CN1C(=O)CCOc2ccccc21)Nc1cccc(C(=O)NCC(F)(F)F)c1. The lowest BCUT2D eigenvalue weighted by Crippen LogP contribution is -2.37. The van der Waals surface area contributed by atoms with E-state index in [2.05, 4.69) is 5.32 Å². The smallest absolute Gasteiger partial charge is 0.405 e. The average Bonchev–Trinajstić information content (AvgIpc) is 2.85. The highest BCUT2D eigenvalue weighted by molar-refractivity contribution is 6.04. The molecule has 0 aromatic heterocycles. The Bertz CT molecular complexity index is 962. The number of benzene rings is 2. The van der Waals surface area contributed by atoms with E-state index in [1.807, 2.05) is 0 Å². The fraction of sp³-hybridized carbons (Fsp3) is 0.250. The lowest BCUT2D eigenvalue weighted by molar-refractivity contribution is -0.123. The molecule has 1 heterocycles. The van der Waals surface area contributed by atoms with Crippen LogP contribution in [0.25, 0.3) is 0 Å². The van der Waals surface area contributed by atoms with Gasteiger partial charge in [-0.3, -0.25) is 19.3 Å². The number of alkyl halides is 3. The minimum absolute atomic E-state index is 0.0401. The molecule has 0 fully saturated rings. The number of hydrogen-bond donors (Lipinski definition) is 2. The average molecular weight is 421 g/mol. The Morgan fingerprint density at radius 3 is 2.63 bits per heavy atom. The molecular weight excluding hydrogens is 403 g/mol. The Kier molecular flexibility index (Phi) is 6.24. The Hall–Kier alpha value is -3.56. The van der Waals surface area contributed by atoms with Crippen molar-refractivity contribution < 1.29 is 32.3 Å². The second-order valence-electron chi connectivity index (χ2n) is 6.47. The molecule has 0 saturated carbocycles. The van der Waals surface area contributed by atoms with Gasteiger partial charge in [-0.1, -0.05) is 18.2 Å². The van der Waals surface area contributed by atoms with E-state index in [4.69, 9.17) is 4.74 Å². The summed E-state index contributed by atoms with van der Waals surface area (Å²) < 4.78 is 42.3. The Labute approximate surface area is 169 Å². The summed E-state index contributed by atoms with van der Waals surface area (Å²) in [6.07, 6.45) is -4.42. The molecule has 0 radical (unpaired) electrons. The molecule has 158 valence electrons. The Morgan fingerprint density at radius 2 is 1.87 bits per heavy atom. The summed E-state index contributed by atoms with van der Waals surface area (Å²) in [6, 6.07) is 12.3. The van der Waals surface area contributed by atoms with E-state index in [9.17, 15) is 27.6 Å². The van der Waals surface area contributed by atoms with Gasteiger partial charge in [-0.15, -0.1) is 0 Å². The molecule has 1 aliphatic heterocycles. The van der Waals surface area contributed by atoms with Gasteiger partial charge in [0.1, 0.15) is 18.8 Å². The normalized spacial score (nSPS) is 13.7. The number of carbonyl (C=O) groups excluding carboxylic acids is 3. The van der Waals surface area contributed by atoms with Gasteiger partial charge in [-0.25, -0.2) is 0 Å². The topological polar surface area (TPSA) is 87.7 Å². The molecule has 0 spiro atoms. The lowest BCUT2D eigenvalue weighted by atomic mass is 10.2. The molecule has 1 aliphatic rings. The zero-order valence-electron chi connectivity index (χ0n) is 15.7. The van der Waals surface area contributed by atoms with Gasteiger partial charge in [0.2, 0.25) is 11.8 Å². The number of anilines is 2. The van der Waals surface area contributed by atoms with Crippen LogP contribution >= 0.6 is 0 Å². The van der Waals surface area contributed by atoms with Gasteiger partial charge in [-0.2, -0.15) is 13.2 Å². The molecule has 0 saturated heterocycles. The van der Waals surface area contributed by atoms with Crippen LogP contribution in [0.2, 0.25) is 0 Å². The van der Waals surface area contributed by atoms with Crippen LogP contribution in [-0.4, -0.2) is 43.6 Å². The van der Waals surface area contributed by atoms with Crippen LogP contribution in [0.15, 0.2) is 48.5 Å². The molecule has 2 N–H and O–H groups in total. The zero-order valence-corrected chi connectivity index (χ0v) is 15.7. The first kappa shape index (κ1) is 21.2. The Balaban J connectivity index is 1.68. The third kappa shape index (κ3) is 5.49. The maximum absolute atomic E-state index is 12.5. The minimum Gasteiger partial charge on any atom is -0.491 e. The number of nitrogens with zero attached hydrogens (tertiary/aromatic N) is 1. The monoisotopic (exact) mass is 421 g/mol. The number of para-hydroxylation sites is 2. The van der Waals surface area contributed by atoms with E-state index < -0.39 is 24.5 Å². The number of nitrogens with one attached hydrogen (secondary N) is 2. The fourth-order valence-corrected chi connectivity index (χ4v) is 2.86. The summed E-state index contributed by atoms with van der Waals surface area (Å²) in [7, 11) is 0. The number of carbonyl (C=O) groups is 3. The standard InChI is InChI=1S/C20H18F3N3O4/c21-20(22,23)12-24-19(29)13-4-3-5-14(10-13)25-17(27)11-26-15-6-1-2-7-16(15)30-9-8-18(26)28/h1-7,10H,8-9,11-12H2,(H,24,29)(H,25,27). The molecule has 0 unspecified atom stereocenters. The summed E-state index contributed by atoms with van der Waals surface area (Å²) in [5.41, 5.74) is 0.642. The second kappa shape index (κ2) is 8.85. The zero-order chi connectivity index (χ0) is 21.7. The van der Waals surface area contributed by atoms with E-state index in [0.29, 0.717) is 11.4 Å². The van der Waals surface area contributed by atoms with Crippen LogP contribution in [-0.2, 0) is 9.59 Å². The number of fused-ring (bicyclic) bond motifs is 1. The van der Waals surface area contributed by atoms with E-state index in [-0.39, 0.29) is 36.7 Å². The van der Waals surface area contributed by atoms with Crippen LogP contribution in [0.3, 0.4) is 0 Å². The highest BCUT2D eigenvalue weighted by Gasteiger charge is 2.28. The van der Waals surface area contributed by atoms with Gasteiger partial charge in [-0.05, 0) is 30.3 Å². The number of rotatable bonds is 5. The number of amides is 3. The van der Waals surface area contributed by atoms with Crippen LogP contribution in [0.1, 0.15) is 16.8 Å². The predicted molar refractivity (Wildman–Crippen MR) is 102 cm³/mol. The Morgan fingerprint density at radius 1 is 1.10 bits per heavy atom. The van der Waals surface area contributed by atoms with E-state index in [1.54, 1.807) is 29.6 Å². The van der Waals surface area contributed by atoms with Gasteiger partial charge in [0.25, 0.3) is 5.91 Å². The predicted octanol–water partition coefficient (Wildman–Crippen LogP) is 2.73. The summed E-state index contributed by atoms with van der Waals surface area (Å²) in [5, 5.41) is 4.32. The summed E-state index contributed by atoms with van der Waals surface area (Å²) in [4.78, 5) is 38.1. The van der Waals surface area contributed by atoms with E-state index in [0.717, 1.165) is 0 Å². The van der Waals surface area contributed by atoms with Gasteiger partial charge in [0, 0.05) is 11.3 Å². The van der Waals surface area contributed by atoms with Crippen molar-refractivity contribution >= 4 is 29.1 Å². The van der Waals surface area contributed by atoms with E-state index >= 15 is 0 Å². The molecule has 0 aliphatic carbocycles. The quantitative estimate of drug-likeness (QED) is 0.777. The number of hydrogen-bond acceptors (Lipinski definition) is 4. The summed E-state index contributed by atoms with van der Waals surface area (Å²) in [5.74, 6) is -1.25. The molecule has 2 aromatic rings. The summed E-state index contributed by atoms with van der Waals surface area (Å²) >= 11 is 0. The first-order valence-electron chi connectivity index (χ1n) is 9.00. The molecule has 7 nitrogen and oxygen atoms in total. The first-order chi connectivity index (χ1) is 14.2. The third-order valence-electron chi connectivity index (χ3n) is 4.19. The van der Waals surface area contributed by atoms with Crippen LogP contribution in [0.5, 0.6) is 5.75 Å². The van der Waals surface area contributed by atoms with Gasteiger partial charge in [0.05, 0.1) is 18.7 Å². The second-order valence-corrected chi connectivity index (χ2v) is 6.47. The molecule has 2 aromatic carbocycles. The van der Waals surface area contributed by atoms with Gasteiger partial charge in [0.15, 0.2) is 0 Å². The summed E-state index contributed by atoms with van der Waals surface area (Å²) in [6.45, 7) is -1.55. The third-order valence-corrected chi connectivity index (χ3v) is 4.19. The first-order valence-corrected chi connectivity index (χ1v) is 9.00. The van der Waals surface area contributed by atoms with Crippen molar-refractivity contribution in [2.75, 3.05) is 29.9 Å². The van der Waals surface area contributed by atoms with Crippen molar-refractivity contribution in [3.8, 4) is 5.75 Å². The highest BCUT2D eigenvalue weighted by atomic mass is 19.4. The largest absolute Gasteiger partial charge is 0.491 e. The molecule has 3 rings (SSSR count). The minimum atomic E-state index is -4.53. The lowest BCUT2D eigenvalue weighted by Gasteiger charge is -2.21. The van der Waals surface area contributed by atoms with Crippen molar-refractivity contribution in [1.29, 1.82) is 0 Å². The molecular formula is C20H18F3N3O4. The van der Waals surface area contributed by atoms with Crippen molar-refractivity contribution in [3.05, 3.63) is 54.1 Å². The maximum Gasteiger partial charge on any atom is 0.405 e. The fourth-order valence-electron chi connectivity index (χ4n) is 2.86. The number of ether oxygens (including phenoxy) is 1.